The zero-order chi connectivity index (χ0) is 15.7. The quantitative estimate of drug-likeness (QED) is 0.433. The van der Waals surface area contributed by atoms with Gasteiger partial charge in [0.2, 0.25) is 0 Å². The van der Waals surface area contributed by atoms with Crippen molar-refractivity contribution in [3.63, 3.8) is 0 Å². The van der Waals surface area contributed by atoms with Crippen LogP contribution in [0.3, 0.4) is 0 Å². The van der Waals surface area contributed by atoms with Crippen molar-refractivity contribution >= 4 is 0 Å². The summed E-state index contributed by atoms with van der Waals surface area (Å²) in [6, 6.07) is 6.12. The highest BCUT2D eigenvalue weighted by Gasteiger charge is 2.34. The Hall–Kier alpha value is -0.990. The first-order valence-corrected chi connectivity index (χ1v) is 8.16. The molecule has 0 radical (unpaired) electrons. The fraction of sp³-hybridized carbons (Fsp3) is 0.667. The smallest absolute Gasteiger partial charge is 0.166 e. The average molecular weight is 300 g/mol. The van der Waals surface area contributed by atoms with Gasteiger partial charge in [-0.2, -0.15) is 13.2 Å². The Kier molecular flexibility index (Phi) is 7.84. The van der Waals surface area contributed by atoms with Gasteiger partial charge in [-0.1, -0.05) is 70.6 Å². The number of hydrogen-bond acceptors (Lipinski definition) is 0. The summed E-state index contributed by atoms with van der Waals surface area (Å²) < 4.78 is 39.6. The summed E-state index contributed by atoms with van der Waals surface area (Å²) in [5.74, 6) is 0.0425. The van der Waals surface area contributed by atoms with Crippen molar-refractivity contribution in [3.8, 4) is 0 Å². The molecule has 0 unspecified atom stereocenters. The minimum atomic E-state index is -4.25. The van der Waals surface area contributed by atoms with Gasteiger partial charge in [0, 0.05) is 0 Å². The third kappa shape index (κ3) is 6.11. The van der Waals surface area contributed by atoms with Crippen LogP contribution in [0.15, 0.2) is 24.3 Å². The van der Waals surface area contributed by atoms with Crippen molar-refractivity contribution in [2.75, 3.05) is 0 Å². The molecule has 0 heterocycles. The van der Waals surface area contributed by atoms with E-state index in [0.717, 1.165) is 51.4 Å². The van der Waals surface area contributed by atoms with E-state index in [4.69, 9.17) is 0 Å². The van der Waals surface area contributed by atoms with Crippen LogP contribution in [0.25, 0.3) is 0 Å². The van der Waals surface area contributed by atoms with Gasteiger partial charge in [-0.3, -0.25) is 0 Å². The van der Waals surface area contributed by atoms with Crippen LogP contribution in [0.4, 0.5) is 13.2 Å². The van der Waals surface area contributed by atoms with Crippen LogP contribution in [0.2, 0.25) is 0 Å². The van der Waals surface area contributed by atoms with E-state index < -0.39 is 11.7 Å². The molecule has 1 rings (SSSR count). The first-order chi connectivity index (χ1) is 10.0. The summed E-state index contributed by atoms with van der Waals surface area (Å²) in [5.41, 5.74) is 0.0557. The second-order valence-corrected chi connectivity index (χ2v) is 5.77. The molecule has 21 heavy (non-hydrogen) atoms. The molecule has 0 aliphatic rings. The van der Waals surface area contributed by atoms with E-state index in [-0.39, 0.29) is 5.92 Å². The highest BCUT2D eigenvalue weighted by molar-refractivity contribution is 5.32. The molecule has 0 spiro atoms. The standard InChI is InChI=1S/C18H27F3/c1-3-5-7-11-15(12-8-6-4-2)16-13-9-10-14-17(16)18(19,20)21/h9-10,13-15H,3-8,11-12H2,1-2H3. The van der Waals surface area contributed by atoms with Crippen molar-refractivity contribution in [2.45, 2.75) is 77.3 Å². The predicted octanol–water partition coefficient (Wildman–Crippen LogP) is 6.95. The lowest BCUT2D eigenvalue weighted by Crippen LogP contribution is -2.12. The largest absolute Gasteiger partial charge is 0.416 e. The van der Waals surface area contributed by atoms with E-state index in [1.165, 1.54) is 12.1 Å². The van der Waals surface area contributed by atoms with Gasteiger partial charge in [0.15, 0.2) is 0 Å². The van der Waals surface area contributed by atoms with E-state index >= 15 is 0 Å². The Morgan fingerprint density at radius 2 is 1.38 bits per heavy atom. The van der Waals surface area contributed by atoms with Gasteiger partial charge >= 0.3 is 6.18 Å². The molecule has 0 fully saturated rings. The Labute approximate surface area is 126 Å². The summed E-state index contributed by atoms with van der Waals surface area (Å²) in [7, 11) is 0. The SMILES string of the molecule is CCCCCC(CCCCC)c1ccccc1C(F)(F)F. The van der Waals surface area contributed by atoms with E-state index in [9.17, 15) is 13.2 Å². The van der Waals surface area contributed by atoms with Crippen LogP contribution in [-0.4, -0.2) is 0 Å². The van der Waals surface area contributed by atoms with Gasteiger partial charge in [0.1, 0.15) is 0 Å². The van der Waals surface area contributed by atoms with Gasteiger partial charge in [-0.05, 0) is 30.4 Å². The topological polar surface area (TPSA) is 0 Å². The molecule has 0 nitrogen and oxygen atoms in total. The Morgan fingerprint density at radius 1 is 0.857 bits per heavy atom. The van der Waals surface area contributed by atoms with Crippen LogP contribution in [0.5, 0.6) is 0 Å². The van der Waals surface area contributed by atoms with E-state index in [1.807, 2.05) is 0 Å². The summed E-state index contributed by atoms with van der Waals surface area (Å²) in [4.78, 5) is 0. The third-order valence-electron chi connectivity index (χ3n) is 4.02. The Morgan fingerprint density at radius 3 is 1.86 bits per heavy atom. The number of rotatable bonds is 9. The van der Waals surface area contributed by atoms with Gasteiger partial charge < -0.3 is 0 Å². The molecule has 0 amide bonds. The zero-order valence-corrected chi connectivity index (χ0v) is 13.2. The van der Waals surface area contributed by atoms with Crippen LogP contribution in [-0.2, 0) is 6.18 Å². The number of benzene rings is 1. The van der Waals surface area contributed by atoms with Gasteiger partial charge in [-0.15, -0.1) is 0 Å². The molecule has 0 saturated carbocycles. The molecule has 3 heteroatoms. The lowest BCUT2D eigenvalue weighted by atomic mass is 9.85. The zero-order valence-electron chi connectivity index (χ0n) is 13.2. The monoisotopic (exact) mass is 300 g/mol. The fourth-order valence-electron chi connectivity index (χ4n) is 2.85. The van der Waals surface area contributed by atoms with Crippen LogP contribution in [0.1, 0.15) is 82.3 Å². The lowest BCUT2D eigenvalue weighted by molar-refractivity contribution is -0.138. The molecule has 0 aliphatic carbocycles. The molecule has 1 aromatic rings. The predicted molar refractivity (Wildman–Crippen MR) is 82.5 cm³/mol. The van der Waals surface area contributed by atoms with Crippen molar-refractivity contribution in [3.05, 3.63) is 35.4 Å². The molecular weight excluding hydrogens is 273 g/mol. The average Bonchev–Trinajstić information content (AvgIpc) is 2.45. The second-order valence-electron chi connectivity index (χ2n) is 5.77. The molecule has 0 saturated heterocycles. The normalized spacial score (nSPS) is 12.1. The summed E-state index contributed by atoms with van der Waals surface area (Å²) in [6.07, 6.45) is 3.90. The van der Waals surface area contributed by atoms with Gasteiger partial charge in [0.05, 0.1) is 5.56 Å². The maximum Gasteiger partial charge on any atom is 0.416 e. The van der Waals surface area contributed by atoms with E-state index in [2.05, 4.69) is 13.8 Å². The maximum atomic E-state index is 13.2. The van der Waals surface area contributed by atoms with Crippen LogP contribution >= 0.6 is 0 Å². The Bertz CT molecular complexity index is 386. The van der Waals surface area contributed by atoms with Crippen molar-refractivity contribution < 1.29 is 13.2 Å². The second kappa shape index (κ2) is 9.11. The van der Waals surface area contributed by atoms with Crippen molar-refractivity contribution in [1.29, 1.82) is 0 Å². The third-order valence-corrected chi connectivity index (χ3v) is 4.02. The molecule has 0 atom stereocenters. The number of unbranched alkanes of at least 4 members (excludes halogenated alkanes) is 4. The minimum absolute atomic E-state index is 0.0425. The maximum absolute atomic E-state index is 13.2. The number of hydrogen-bond donors (Lipinski definition) is 0. The molecule has 0 N–H and O–H groups in total. The van der Waals surface area contributed by atoms with E-state index in [0.29, 0.717) is 5.56 Å². The summed E-state index contributed by atoms with van der Waals surface area (Å²) in [5, 5.41) is 0. The highest BCUT2D eigenvalue weighted by atomic mass is 19.4. The fourth-order valence-corrected chi connectivity index (χ4v) is 2.85. The first-order valence-electron chi connectivity index (χ1n) is 8.16. The van der Waals surface area contributed by atoms with Crippen molar-refractivity contribution in [2.24, 2.45) is 0 Å². The molecule has 0 bridgehead atoms. The van der Waals surface area contributed by atoms with Crippen molar-refractivity contribution in [1.82, 2.24) is 0 Å². The molecular formula is C18H27F3. The number of halogens is 3. The summed E-state index contributed by atoms with van der Waals surface area (Å²) >= 11 is 0. The molecule has 0 aromatic heterocycles. The van der Waals surface area contributed by atoms with Gasteiger partial charge in [0.25, 0.3) is 0 Å². The molecule has 1 aromatic carbocycles. The first kappa shape index (κ1) is 18.1. The Balaban J connectivity index is 2.90. The highest BCUT2D eigenvalue weighted by Crippen LogP contribution is 2.38. The number of alkyl halides is 3. The summed E-state index contributed by atoms with van der Waals surface area (Å²) in [6.45, 7) is 4.24. The molecule has 120 valence electrons. The van der Waals surface area contributed by atoms with Crippen LogP contribution < -0.4 is 0 Å². The molecule has 0 aliphatic heterocycles. The van der Waals surface area contributed by atoms with Crippen LogP contribution in [0, 0.1) is 0 Å². The van der Waals surface area contributed by atoms with E-state index in [1.54, 1.807) is 12.1 Å². The van der Waals surface area contributed by atoms with Gasteiger partial charge in [-0.25, -0.2) is 0 Å². The minimum Gasteiger partial charge on any atom is -0.166 e. The lowest BCUT2D eigenvalue weighted by Gasteiger charge is -2.22.